The molecule has 5 heteroatoms. The fraction of sp³-hybridized carbons (Fsp3) is 0.647. The Bertz CT molecular complexity index is 491. The van der Waals surface area contributed by atoms with Crippen molar-refractivity contribution in [1.82, 2.24) is 10.2 Å². The SMILES string of the molecule is COc1ccc(OC)c(CNC[C@@H]2CN(C3CC3)CCO2)c1. The van der Waals surface area contributed by atoms with Gasteiger partial charge >= 0.3 is 0 Å². The Morgan fingerprint density at radius 1 is 1.27 bits per heavy atom. The first-order valence-electron chi connectivity index (χ1n) is 8.07. The molecule has 5 nitrogen and oxygen atoms in total. The molecule has 2 fully saturated rings. The molecule has 1 aliphatic heterocycles. The average molecular weight is 306 g/mol. The third kappa shape index (κ3) is 3.91. The van der Waals surface area contributed by atoms with Gasteiger partial charge in [0.15, 0.2) is 0 Å². The second-order valence-corrected chi connectivity index (χ2v) is 6.03. The average Bonchev–Trinajstić information content (AvgIpc) is 3.40. The molecule has 122 valence electrons. The normalized spacial score (nSPS) is 22.5. The number of hydrogen-bond donors (Lipinski definition) is 1. The van der Waals surface area contributed by atoms with Crippen molar-refractivity contribution >= 4 is 0 Å². The van der Waals surface area contributed by atoms with Gasteiger partial charge in [-0.1, -0.05) is 0 Å². The number of methoxy groups -OCH3 is 2. The molecule has 2 aliphatic rings. The molecule has 1 atom stereocenters. The Labute approximate surface area is 132 Å². The van der Waals surface area contributed by atoms with E-state index in [0.717, 1.165) is 55.9 Å². The molecular formula is C17H26N2O3. The minimum atomic E-state index is 0.283. The van der Waals surface area contributed by atoms with Gasteiger partial charge in [-0.3, -0.25) is 4.90 Å². The molecule has 22 heavy (non-hydrogen) atoms. The summed E-state index contributed by atoms with van der Waals surface area (Å²) in [6.07, 6.45) is 3.01. The fourth-order valence-corrected chi connectivity index (χ4v) is 3.02. The number of nitrogens with one attached hydrogen (secondary N) is 1. The molecule has 3 rings (SSSR count). The number of hydrogen-bond acceptors (Lipinski definition) is 5. The van der Waals surface area contributed by atoms with Crippen LogP contribution in [-0.2, 0) is 11.3 Å². The maximum absolute atomic E-state index is 5.87. The summed E-state index contributed by atoms with van der Waals surface area (Å²) >= 11 is 0. The van der Waals surface area contributed by atoms with E-state index in [0.29, 0.717) is 0 Å². The predicted molar refractivity (Wildman–Crippen MR) is 85.6 cm³/mol. The van der Waals surface area contributed by atoms with Gasteiger partial charge < -0.3 is 19.5 Å². The molecule has 1 N–H and O–H groups in total. The Morgan fingerprint density at radius 2 is 2.14 bits per heavy atom. The summed E-state index contributed by atoms with van der Waals surface area (Å²) in [6, 6.07) is 6.70. The van der Waals surface area contributed by atoms with Crippen LogP contribution in [0.15, 0.2) is 18.2 Å². The van der Waals surface area contributed by atoms with Crippen LogP contribution in [0.25, 0.3) is 0 Å². The van der Waals surface area contributed by atoms with Crippen LogP contribution in [-0.4, -0.2) is 57.5 Å². The molecule has 1 heterocycles. The van der Waals surface area contributed by atoms with Crippen LogP contribution in [0, 0.1) is 0 Å². The monoisotopic (exact) mass is 306 g/mol. The van der Waals surface area contributed by atoms with E-state index in [-0.39, 0.29) is 6.10 Å². The van der Waals surface area contributed by atoms with Crippen LogP contribution >= 0.6 is 0 Å². The van der Waals surface area contributed by atoms with Crippen LogP contribution in [0.4, 0.5) is 0 Å². The first-order valence-corrected chi connectivity index (χ1v) is 8.07. The van der Waals surface area contributed by atoms with E-state index in [1.165, 1.54) is 12.8 Å². The third-order valence-corrected chi connectivity index (χ3v) is 4.41. The van der Waals surface area contributed by atoms with Gasteiger partial charge in [0.25, 0.3) is 0 Å². The second-order valence-electron chi connectivity index (χ2n) is 6.03. The molecule has 1 aromatic carbocycles. The number of morpholine rings is 1. The standard InChI is InChI=1S/C17H26N2O3/c1-20-15-5-6-17(21-2)13(9-15)10-18-11-16-12-19(7-8-22-16)14-3-4-14/h5-6,9,14,16,18H,3-4,7-8,10-12H2,1-2H3/t16-/m1/s1. The third-order valence-electron chi connectivity index (χ3n) is 4.41. The highest BCUT2D eigenvalue weighted by Crippen LogP contribution is 2.28. The van der Waals surface area contributed by atoms with Crippen LogP contribution in [0.1, 0.15) is 18.4 Å². The van der Waals surface area contributed by atoms with Gasteiger partial charge in [0, 0.05) is 37.8 Å². The molecule has 1 aromatic rings. The van der Waals surface area contributed by atoms with E-state index in [1.54, 1.807) is 14.2 Å². The smallest absolute Gasteiger partial charge is 0.123 e. The van der Waals surface area contributed by atoms with Gasteiger partial charge in [-0.25, -0.2) is 0 Å². The fourth-order valence-electron chi connectivity index (χ4n) is 3.02. The number of ether oxygens (including phenoxy) is 3. The van der Waals surface area contributed by atoms with Crippen LogP contribution < -0.4 is 14.8 Å². The van der Waals surface area contributed by atoms with E-state index in [2.05, 4.69) is 10.2 Å². The van der Waals surface area contributed by atoms with Crippen molar-refractivity contribution in [2.45, 2.75) is 31.5 Å². The minimum Gasteiger partial charge on any atom is -0.497 e. The number of nitrogens with zero attached hydrogens (tertiary/aromatic N) is 1. The van der Waals surface area contributed by atoms with Crippen molar-refractivity contribution in [2.24, 2.45) is 0 Å². The lowest BCUT2D eigenvalue weighted by Crippen LogP contribution is -2.47. The van der Waals surface area contributed by atoms with Crippen molar-refractivity contribution < 1.29 is 14.2 Å². The molecule has 1 aliphatic carbocycles. The van der Waals surface area contributed by atoms with Gasteiger partial charge in [0.1, 0.15) is 11.5 Å². The molecule has 0 aromatic heterocycles. The Hall–Kier alpha value is -1.30. The summed E-state index contributed by atoms with van der Waals surface area (Å²) in [4.78, 5) is 2.57. The van der Waals surface area contributed by atoms with Crippen LogP contribution in [0.2, 0.25) is 0 Å². The van der Waals surface area contributed by atoms with Gasteiger partial charge in [0.05, 0.1) is 26.9 Å². The zero-order chi connectivity index (χ0) is 15.4. The summed E-state index contributed by atoms with van der Waals surface area (Å²) in [5.74, 6) is 1.74. The van der Waals surface area contributed by atoms with Crippen LogP contribution in [0.3, 0.4) is 0 Å². The van der Waals surface area contributed by atoms with E-state index in [4.69, 9.17) is 14.2 Å². The molecule has 0 spiro atoms. The topological polar surface area (TPSA) is 43.0 Å². The molecule has 0 radical (unpaired) electrons. The molecule has 1 saturated carbocycles. The van der Waals surface area contributed by atoms with Crippen molar-refractivity contribution in [1.29, 1.82) is 0 Å². The second kappa shape index (κ2) is 7.31. The van der Waals surface area contributed by atoms with Crippen molar-refractivity contribution in [2.75, 3.05) is 40.5 Å². The maximum atomic E-state index is 5.87. The van der Waals surface area contributed by atoms with Crippen molar-refractivity contribution in [3.63, 3.8) is 0 Å². The van der Waals surface area contributed by atoms with Gasteiger partial charge in [-0.2, -0.15) is 0 Å². The van der Waals surface area contributed by atoms with E-state index >= 15 is 0 Å². The summed E-state index contributed by atoms with van der Waals surface area (Å²) in [7, 11) is 3.38. The molecule has 0 bridgehead atoms. The Balaban J connectivity index is 1.49. The molecule has 0 unspecified atom stereocenters. The zero-order valence-electron chi connectivity index (χ0n) is 13.5. The van der Waals surface area contributed by atoms with Crippen molar-refractivity contribution in [3.8, 4) is 11.5 Å². The Morgan fingerprint density at radius 3 is 2.86 bits per heavy atom. The Kier molecular flexibility index (Phi) is 5.18. The van der Waals surface area contributed by atoms with E-state index < -0.39 is 0 Å². The maximum Gasteiger partial charge on any atom is 0.123 e. The summed E-state index contributed by atoms with van der Waals surface area (Å²) in [5, 5.41) is 3.49. The van der Waals surface area contributed by atoms with Gasteiger partial charge in [-0.05, 0) is 31.0 Å². The summed E-state index contributed by atoms with van der Waals surface area (Å²) in [6.45, 7) is 4.61. The lowest BCUT2D eigenvalue weighted by atomic mass is 10.1. The van der Waals surface area contributed by atoms with Gasteiger partial charge in [-0.15, -0.1) is 0 Å². The number of rotatable bonds is 7. The highest BCUT2D eigenvalue weighted by molar-refractivity contribution is 5.40. The van der Waals surface area contributed by atoms with E-state index in [1.807, 2.05) is 18.2 Å². The molecular weight excluding hydrogens is 280 g/mol. The summed E-state index contributed by atoms with van der Waals surface area (Å²) < 4.78 is 16.6. The minimum absolute atomic E-state index is 0.283. The lowest BCUT2D eigenvalue weighted by molar-refractivity contribution is -0.0301. The predicted octanol–water partition coefficient (Wildman–Crippen LogP) is 1.66. The van der Waals surface area contributed by atoms with Crippen LogP contribution in [0.5, 0.6) is 11.5 Å². The lowest BCUT2D eigenvalue weighted by Gasteiger charge is -2.33. The highest BCUT2D eigenvalue weighted by atomic mass is 16.5. The molecule has 1 saturated heterocycles. The molecule has 0 amide bonds. The van der Waals surface area contributed by atoms with Crippen molar-refractivity contribution in [3.05, 3.63) is 23.8 Å². The van der Waals surface area contributed by atoms with Gasteiger partial charge in [0.2, 0.25) is 0 Å². The summed E-state index contributed by atoms with van der Waals surface area (Å²) in [5.41, 5.74) is 1.11. The quantitative estimate of drug-likeness (QED) is 0.830. The largest absolute Gasteiger partial charge is 0.497 e. The zero-order valence-corrected chi connectivity index (χ0v) is 13.5. The first-order chi connectivity index (χ1) is 10.8. The van der Waals surface area contributed by atoms with E-state index in [9.17, 15) is 0 Å². The highest BCUT2D eigenvalue weighted by Gasteiger charge is 2.32. The first kappa shape index (κ1) is 15.6. The number of benzene rings is 1.